The molecule has 202 valence electrons. The number of carbonyl (C=O) groups excluding carboxylic acids is 3. The molecule has 4 fully saturated rings. The van der Waals surface area contributed by atoms with Gasteiger partial charge in [-0.2, -0.15) is 0 Å². The van der Waals surface area contributed by atoms with E-state index in [1.165, 1.54) is 4.90 Å². The minimum absolute atomic E-state index is 0.0236. The van der Waals surface area contributed by atoms with Crippen molar-refractivity contribution in [3.05, 3.63) is 34.9 Å². The van der Waals surface area contributed by atoms with Crippen LogP contribution in [0.2, 0.25) is 0 Å². The first-order chi connectivity index (χ1) is 17.9. The van der Waals surface area contributed by atoms with Gasteiger partial charge in [-0.15, -0.1) is 0 Å². The van der Waals surface area contributed by atoms with Crippen molar-refractivity contribution in [2.45, 2.75) is 88.4 Å². The second-order valence-electron chi connectivity index (χ2n) is 11.4. The highest BCUT2D eigenvalue weighted by Gasteiger charge is 2.54. The van der Waals surface area contributed by atoms with E-state index >= 15 is 0 Å². The lowest BCUT2D eigenvalue weighted by atomic mass is 9.73. The molecule has 3 heterocycles. The number of piperidine rings is 1. The molecule has 4 aliphatic rings. The maximum Gasteiger partial charge on any atom is 0.249 e. The Balaban J connectivity index is 1.50. The summed E-state index contributed by atoms with van der Waals surface area (Å²) in [6.45, 7) is 5.06. The molecular formula is C29H40FN3O4. The number of benzene rings is 1. The van der Waals surface area contributed by atoms with Crippen molar-refractivity contribution in [3.63, 3.8) is 0 Å². The molecule has 0 aromatic heterocycles. The van der Waals surface area contributed by atoms with Gasteiger partial charge in [-0.1, -0.05) is 38.3 Å². The maximum atomic E-state index is 14.8. The number of fused-ring (bicyclic) bond motifs is 1. The van der Waals surface area contributed by atoms with Gasteiger partial charge in [0.2, 0.25) is 11.8 Å². The fourth-order valence-electron chi connectivity index (χ4n) is 7.18. The number of primary amides is 1. The number of carbonyl (C=O) groups is 3. The van der Waals surface area contributed by atoms with Crippen molar-refractivity contribution in [1.82, 2.24) is 9.80 Å². The van der Waals surface area contributed by atoms with Gasteiger partial charge in [0, 0.05) is 5.56 Å². The summed E-state index contributed by atoms with van der Waals surface area (Å²) in [5.41, 5.74) is 7.99. The number of nitrogens with two attached hydrogens (primary N) is 1. The Kier molecular flexibility index (Phi) is 7.96. The van der Waals surface area contributed by atoms with Gasteiger partial charge in [-0.25, -0.2) is 4.39 Å². The van der Waals surface area contributed by atoms with Crippen molar-refractivity contribution in [1.29, 1.82) is 0 Å². The van der Waals surface area contributed by atoms with E-state index in [4.69, 9.17) is 10.5 Å². The van der Waals surface area contributed by atoms with Crippen molar-refractivity contribution >= 4 is 17.6 Å². The Morgan fingerprint density at radius 3 is 2.54 bits per heavy atom. The number of halogens is 1. The molecule has 5 rings (SSSR count). The average molecular weight is 514 g/mol. The molecule has 0 radical (unpaired) electrons. The van der Waals surface area contributed by atoms with Crippen LogP contribution in [-0.2, 0) is 14.3 Å². The molecule has 1 aromatic carbocycles. The van der Waals surface area contributed by atoms with Gasteiger partial charge < -0.3 is 20.3 Å². The topological polar surface area (TPSA) is 92.9 Å². The largest absolute Gasteiger partial charge is 0.366 e. The summed E-state index contributed by atoms with van der Waals surface area (Å²) in [6, 6.07) is 4.93. The highest BCUT2D eigenvalue weighted by Crippen LogP contribution is 2.42. The van der Waals surface area contributed by atoms with Crippen LogP contribution in [0.5, 0.6) is 0 Å². The van der Waals surface area contributed by atoms with E-state index in [0.717, 1.165) is 76.6 Å². The van der Waals surface area contributed by atoms with Gasteiger partial charge in [-0.05, 0) is 80.8 Å². The second-order valence-corrected chi connectivity index (χ2v) is 11.4. The molecule has 4 atom stereocenters. The van der Waals surface area contributed by atoms with E-state index in [-0.39, 0.29) is 30.8 Å². The lowest BCUT2D eigenvalue weighted by Crippen LogP contribution is -2.46. The van der Waals surface area contributed by atoms with E-state index < -0.39 is 30.1 Å². The van der Waals surface area contributed by atoms with Crippen LogP contribution in [0.3, 0.4) is 0 Å². The first kappa shape index (κ1) is 26.3. The van der Waals surface area contributed by atoms with E-state index in [9.17, 15) is 18.8 Å². The molecule has 3 saturated heterocycles. The van der Waals surface area contributed by atoms with E-state index in [1.807, 2.05) is 12.1 Å². The van der Waals surface area contributed by atoms with E-state index in [0.29, 0.717) is 17.0 Å². The number of hydrogen-bond donors (Lipinski definition) is 1. The molecule has 8 heteroatoms. The van der Waals surface area contributed by atoms with Crippen LogP contribution in [0.25, 0.3) is 0 Å². The lowest BCUT2D eigenvalue weighted by Gasteiger charge is -2.36. The summed E-state index contributed by atoms with van der Waals surface area (Å²) < 4.78 is 20.2. The summed E-state index contributed by atoms with van der Waals surface area (Å²) in [4.78, 5) is 43.3. The Labute approximate surface area is 218 Å². The summed E-state index contributed by atoms with van der Waals surface area (Å²) in [5, 5.41) is 0. The number of hydrogen-bond acceptors (Lipinski definition) is 5. The smallest absolute Gasteiger partial charge is 0.249 e. The molecule has 0 bridgehead atoms. The third-order valence-electron chi connectivity index (χ3n) is 9.07. The van der Waals surface area contributed by atoms with Crippen LogP contribution < -0.4 is 5.73 Å². The monoisotopic (exact) mass is 513 g/mol. The molecule has 2 amide bonds. The minimum Gasteiger partial charge on any atom is -0.366 e. The van der Waals surface area contributed by atoms with Gasteiger partial charge in [-0.3, -0.25) is 14.4 Å². The second kappa shape index (κ2) is 11.2. The molecular weight excluding hydrogens is 473 g/mol. The fraction of sp³-hybridized carbons (Fsp3) is 0.690. The fourth-order valence-corrected chi connectivity index (χ4v) is 7.18. The number of nitrogens with zero attached hydrogens (tertiary/aromatic N) is 2. The number of ether oxygens (including phenoxy) is 1. The highest BCUT2D eigenvalue weighted by molar-refractivity contribution is 5.99. The van der Waals surface area contributed by atoms with Crippen molar-refractivity contribution in [2.24, 2.45) is 11.7 Å². The molecule has 37 heavy (non-hydrogen) atoms. The molecule has 0 unspecified atom stereocenters. The third kappa shape index (κ3) is 5.19. The van der Waals surface area contributed by atoms with E-state index in [1.54, 1.807) is 6.07 Å². The number of ketones is 1. The van der Waals surface area contributed by atoms with Gasteiger partial charge in [0.05, 0.1) is 12.5 Å². The van der Waals surface area contributed by atoms with Crippen molar-refractivity contribution in [3.8, 4) is 0 Å². The number of amides is 2. The SMILES string of the molecule is CCCN1CCC(c2ccc(C(N)=O)c([C@@H](C(=O)N3C[C@H](F)[C@H]4OCC(=O)[C@H]43)C3CCCCC3)c2)CC1. The molecule has 1 saturated carbocycles. The average Bonchev–Trinajstić information content (AvgIpc) is 3.45. The van der Waals surface area contributed by atoms with Gasteiger partial charge >= 0.3 is 0 Å². The van der Waals surface area contributed by atoms with Gasteiger partial charge in [0.25, 0.3) is 0 Å². The maximum absolute atomic E-state index is 14.8. The number of rotatable bonds is 7. The Morgan fingerprint density at radius 2 is 1.86 bits per heavy atom. The van der Waals surface area contributed by atoms with Crippen LogP contribution >= 0.6 is 0 Å². The van der Waals surface area contributed by atoms with Crippen LogP contribution in [0.1, 0.15) is 91.6 Å². The highest BCUT2D eigenvalue weighted by atomic mass is 19.1. The van der Waals surface area contributed by atoms with E-state index in [2.05, 4.69) is 11.8 Å². The van der Waals surface area contributed by atoms with Crippen LogP contribution in [-0.4, -0.2) is 78.5 Å². The van der Waals surface area contributed by atoms with Crippen molar-refractivity contribution in [2.75, 3.05) is 32.8 Å². The third-order valence-corrected chi connectivity index (χ3v) is 9.07. The zero-order valence-corrected chi connectivity index (χ0v) is 21.9. The summed E-state index contributed by atoms with van der Waals surface area (Å²) in [7, 11) is 0. The van der Waals surface area contributed by atoms with Gasteiger partial charge in [0.15, 0.2) is 5.78 Å². The zero-order chi connectivity index (χ0) is 26.1. The van der Waals surface area contributed by atoms with Crippen LogP contribution in [0, 0.1) is 5.92 Å². The Hall–Kier alpha value is -2.32. The normalized spacial score (nSPS) is 28.4. The zero-order valence-electron chi connectivity index (χ0n) is 21.9. The number of likely N-dealkylation sites (tertiary alicyclic amines) is 2. The minimum atomic E-state index is -1.39. The summed E-state index contributed by atoms with van der Waals surface area (Å²) >= 11 is 0. The standard InChI is InChI=1S/C29H40FN3O4/c1-2-12-32-13-10-18(11-14-32)20-8-9-21(28(31)35)22(15-20)25(19-6-4-3-5-7-19)29(36)33-16-23(30)27-26(33)24(34)17-37-27/h8-9,15,18-19,23,25-27H,2-7,10-14,16-17H2,1H3,(H2,31,35)/t23-,25-,26+,27+/m0/s1. The first-order valence-electron chi connectivity index (χ1n) is 14.1. The predicted octanol–water partition coefficient (Wildman–Crippen LogP) is 3.56. The molecule has 0 spiro atoms. The van der Waals surface area contributed by atoms with Crippen LogP contribution in [0.4, 0.5) is 4.39 Å². The first-order valence-corrected chi connectivity index (χ1v) is 14.1. The Bertz CT molecular complexity index is 1020. The molecule has 1 aliphatic carbocycles. The number of Topliss-reactive ketones (excluding diaryl/α,β-unsaturated/α-hetero) is 1. The Morgan fingerprint density at radius 1 is 1.14 bits per heavy atom. The van der Waals surface area contributed by atoms with Gasteiger partial charge in [0.1, 0.15) is 24.9 Å². The summed E-state index contributed by atoms with van der Waals surface area (Å²) in [5.74, 6) is -1.32. The molecule has 2 N–H and O–H groups in total. The van der Waals surface area contributed by atoms with Crippen LogP contribution in [0.15, 0.2) is 18.2 Å². The summed E-state index contributed by atoms with van der Waals surface area (Å²) in [6.07, 6.45) is 5.78. The van der Waals surface area contributed by atoms with Crippen molar-refractivity contribution < 1.29 is 23.5 Å². The predicted molar refractivity (Wildman–Crippen MR) is 138 cm³/mol. The quantitative estimate of drug-likeness (QED) is 0.602. The molecule has 3 aliphatic heterocycles. The lowest BCUT2D eigenvalue weighted by molar-refractivity contribution is -0.139. The molecule has 7 nitrogen and oxygen atoms in total. The number of alkyl halides is 1. The molecule has 1 aromatic rings.